The molecule has 3 rings (SSSR count). The number of carbonyl (C=O) groups excluding carboxylic acids is 1. The number of rotatable bonds is 7. The van der Waals surface area contributed by atoms with Crippen molar-refractivity contribution in [1.29, 1.82) is 0 Å². The summed E-state index contributed by atoms with van der Waals surface area (Å²) < 4.78 is 0. The fourth-order valence-corrected chi connectivity index (χ4v) is 3.50. The van der Waals surface area contributed by atoms with Gasteiger partial charge in [0, 0.05) is 58.4 Å². The number of nitrogens with zero attached hydrogens (tertiary/aromatic N) is 2. The molecular weight excluding hydrogens is 336 g/mol. The first-order chi connectivity index (χ1) is 13.1. The first kappa shape index (κ1) is 19.4. The largest absolute Gasteiger partial charge is 0.369 e. The van der Waals surface area contributed by atoms with Crippen LogP contribution in [-0.2, 0) is 24.3 Å². The normalized spacial score (nSPS) is 15.0. The lowest BCUT2D eigenvalue weighted by Crippen LogP contribution is -2.46. The van der Waals surface area contributed by atoms with Crippen molar-refractivity contribution in [3.63, 3.8) is 0 Å². The van der Waals surface area contributed by atoms with Crippen LogP contribution in [0.25, 0.3) is 0 Å². The zero-order chi connectivity index (χ0) is 19.1. The molecule has 0 aromatic heterocycles. The van der Waals surface area contributed by atoms with E-state index in [-0.39, 0.29) is 5.91 Å². The van der Waals surface area contributed by atoms with Gasteiger partial charge in [0.2, 0.25) is 5.91 Å². The van der Waals surface area contributed by atoms with Crippen LogP contribution >= 0.6 is 0 Å². The second-order valence-corrected chi connectivity index (χ2v) is 7.19. The minimum Gasteiger partial charge on any atom is -0.369 e. The Kier molecular flexibility index (Phi) is 6.85. The van der Waals surface area contributed by atoms with Crippen LogP contribution in [0, 0.1) is 0 Å². The molecule has 0 bridgehead atoms. The maximum Gasteiger partial charge on any atom is 0.216 e. The number of hydrogen-bond acceptors (Lipinski definition) is 4. The third-order valence-corrected chi connectivity index (χ3v) is 5.10. The molecule has 1 aliphatic rings. The highest BCUT2D eigenvalue weighted by Gasteiger charge is 2.17. The Morgan fingerprint density at radius 3 is 2.37 bits per heavy atom. The van der Waals surface area contributed by atoms with Crippen LogP contribution < -0.4 is 16.0 Å². The predicted octanol–water partition coefficient (Wildman–Crippen LogP) is 2.15. The Morgan fingerprint density at radius 2 is 1.70 bits per heavy atom. The van der Waals surface area contributed by atoms with E-state index in [2.05, 4.69) is 63.6 Å². The molecule has 1 amide bonds. The van der Waals surface area contributed by atoms with Gasteiger partial charge in [-0.2, -0.15) is 0 Å². The van der Waals surface area contributed by atoms with E-state index in [1.807, 2.05) is 0 Å². The van der Waals surface area contributed by atoms with Crippen molar-refractivity contribution in [1.82, 2.24) is 10.2 Å². The molecule has 144 valence electrons. The van der Waals surface area contributed by atoms with E-state index in [0.29, 0.717) is 13.1 Å². The van der Waals surface area contributed by atoms with E-state index in [9.17, 15) is 4.79 Å². The average Bonchev–Trinajstić information content (AvgIpc) is 2.70. The van der Waals surface area contributed by atoms with Gasteiger partial charge in [-0.1, -0.05) is 36.4 Å². The van der Waals surface area contributed by atoms with Gasteiger partial charge < -0.3 is 16.0 Å². The molecule has 5 nitrogen and oxygen atoms in total. The molecule has 1 aliphatic heterocycles. The highest BCUT2D eigenvalue weighted by atomic mass is 16.1. The third kappa shape index (κ3) is 5.81. The van der Waals surface area contributed by atoms with Crippen molar-refractivity contribution in [2.75, 3.05) is 37.6 Å². The molecule has 5 heteroatoms. The molecule has 27 heavy (non-hydrogen) atoms. The van der Waals surface area contributed by atoms with Crippen molar-refractivity contribution < 1.29 is 4.79 Å². The van der Waals surface area contributed by atoms with Gasteiger partial charge in [-0.3, -0.25) is 9.69 Å². The van der Waals surface area contributed by atoms with Crippen molar-refractivity contribution in [3.05, 3.63) is 65.2 Å². The fourth-order valence-electron chi connectivity index (χ4n) is 3.50. The highest BCUT2D eigenvalue weighted by Crippen LogP contribution is 2.19. The fraction of sp³-hybridized carbons (Fsp3) is 0.409. The molecule has 0 aliphatic carbocycles. The molecule has 2 aromatic rings. The van der Waals surface area contributed by atoms with Gasteiger partial charge >= 0.3 is 0 Å². The number of piperazine rings is 1. The summed E-state index contributed by atoms with van der Waals surface area (Å²) in [6.07, 6.45) is 0.875. The van der Waals surface area contributed by atoms with Gasteiger partial charge in [0.25, 0.3) is 0 Å². The van der Waals surface area contributed by atoms with Gasteiger partial charge in [0.1, 0.15) is 0 Å². The van der Waals surface area contributed by atoms with Crippen molar-refractivity contribution in [2.45, 2.75) is 26.4 Å². The SMILES string of the molecule is CC(=O)NCCc1ccc(CN2CCN(c3cccc(CN)c3)CC2)cc1. The lowest BCUT2D eigenvalue weighted by atomic mass is 10.1. The standard InChI is InChI=1S/C22H30N4O/c1-18(27)24-10-9-19-5-7-20(8-6-19)17-25-11-13-26(14-12-25)22-4-2-3-21(15-22)16-23/h2-8,15H,9-14,16-17,23H2,1H3,(H,24,27). The van der Waals surface area contributed by atoms with Crippen LogP contribution in [0.4, 0.5) is 5.69 Å². The molecule has 0 spiro atoms. The van der Waals surface area contributed by atoms with E-state index < -0.39 is 0 Å². The van der Waals surface area contributed by atoms with E-state index in [4.69, 9.17) is 5.73 Å². The Balaban J connectivity index is 1.46. The first-order valence-corrected chi connectivity index (χ1v) is 9.72. The van der Waals surface area contributed by atoms with Crippen LogP contribution in [0.3, 0.4) is 0 Å². The molecule has 1 saturated heterocycles. The maximum atomic E-state index is 10.9. The summed E-state index contributed by atoms with van der Waals surface area (Å²) in [7, 11) is 0. The van der Waals surface area contributed by atoms with E-state index in [0.717, 1.165) is 39.1 Å². The summed E-state index contributed by atoms with van der Waals surface area (Å²) in [5.41, 5.74) is 10.8. The Hall–Kier alpha value is -2.37. The van der Waals surface area contributed by atoms with E-state index >= 15 is 0 Å². The summed E-state index contributed by atoms with van der Waals surface area (Å²) >= 11 is 0. The van der Waals surface area contributed by atoms with Crippen LogP contribution in [0.5, 0.6) is 0 Å². The molecule has 1 heterocycles. The Morgan fingerprint density at radius 1 is 1.00 bits per heavy atom. The van der Waals surface area contributed by atoms with Crippen LogP contribution in [0.1, 0.15) is 23.6 Å². The van der Waals surface area contributed by atoms with Crippen molar-refractivity contribution in [3.8, 4) is 0 Å². The van der Waals surface area contributed by atoms with Gasteiger partial charge in [0.15, 0.2) is 0 Å². The average molecular weight is 367 g/mol. The Bertz CT molecular complexity index is 736. The van der Waals surface area contributed by atoms with Gasteiger partial charge in [-0.15, -0.1) is 0 Å². The quantitative estimate of drug-likeness (QED) is 0.788. The molecular formula is C22H30N4O. The van der Waals surface area contributed by atoms with Crippen LogP contribution in [0.2, 0.25) is 0 Å². The summed E-state index contributed by atoms with van der Waals surface area (Å²) in [6, 6.07) is 17.3. The highest BCUT2D eigenvalue weighted by molar-refractivity contribution is 5.72. The zero-order valence-corrected chi connectivity index (χ0v) is 16.2. The topological polar surface area (TPSA) is 61.6 Å². The second kappa shape index (κ2) is 9.53. The zero-order valence-electron chi connectivity index (χ0n) is 16.2. The summed E-state index contributed by atoms with van der Waals surface area (Å²) in [5.74, 6) is 0.0283. The molecule has 0 saturated carbocycles. The predicted molar refractivity (Wildman–Crippen MR) is 111 cm³/mol. The number of anilines is 1. The molecule has 0 unspecified atom stereocenters. The van der Waals surface area contributed by atoms with Gasteiger partial charge in [-0.25, -0.2) is 0 Å². The first-order valence-electron chi connectivity index (χ1n) is 9.72. The lowest BCUT2D eigenvalue weighted by Gasteiger charge is -2.36. The molecule has 3 N–H and O–H groups in total. The van der Waals surface area contributed by atoms with E-state index in [1.165, 1.54) is 22.4 Å². The summed E-state index contributed by atoms with van der Waals surface area (Å²) in [5, 5.41) is 2.84. The van der Waals surface area contributed by atoms with Crippen molar-refractivity contribution in [2.24, 2.45) is 5.73 Å². The molecule has 0 atom stereocenters. The van der Waals surface area contributed by atoms with Gasteiger partial charge in [-0.05, 0) is 35.2 Å². The Labute approximate surface area is 162 Å². The lowest BCUT2D eigenvalue weighted by molar-refractivity contribution is -0.118. The molecule has 1 fully saturated rings. The minimum atomic E-state index is 0.0283. The smallest absolute Gasteiger partial charge is 0.216 e. The van der Waals surface area contributed by atoms with Crippen molar-refractivity contribution >= 4 is 11.6 Å². The minimum absolute atomic E-state index is 0.0283. The summed E-state index contributed by atoms with van der Waals surface area (Å²) in [4.78, 5) is 15.9. The third-order valence-electron chi connectivity index (χ3n) is 5.10. The maximum absolute atomic E-state index is 10.9. The number of amides is 1. The number of nitrogens with one attached hydrogen (secondary N) is 1. The molecule has 2 aromatic carbocycles. The van der Waals surface area contributed by atoms with Gasteiger partial charge in [0.05, 0.1) is 0 Å². The number of benzene rings is 2. The molecule has 0 radical (unpaired) electrons. The number of hydrogen-bond donors (Lipinski definition) is 2. The van der Waals surface area contributed by atoms with Crippen LogP contribution in [-0.4, -0.2) is 43.5 Å². The summed E-state index contributed by atoms with van der Waals surface area (Å²) in [6.45, 7) is 8.05. The van der Waals surface area contributed by atoms with Crippen LogP contribution in [0.15, 0.2) is 48.5 Å². The van der Waals surface area contributed by atoms with E-state index in [1.54, 1.807) is 6.92 Å². The number of carbonyl (C=O) groups is 1. The second-order valence-electron chi connectivity index (χ2n) is 7.19. The number of nitrogens with two attached hydrogens (primary N) is 1. The monoisotopic (exact) mass is 366 g/mol.